The van der Waals surface area contributed by atoms with E-state index in [9.17, 15) is 0 Å². The first-order chi connectivity index (χ1) is 11.8. The normalized spacial score (nSPS) is 11.6. The van der Waals surface area contributed by atoms with Crippen LogP contribution in [0.3, 0.4) is 0 Å². The second kappa shape index (κ2) is 8.35. The van der Waals surface area contributed by atoms with Gasteiger partial charge in [-0.1, -0.05) is 48.5 Å². The zero-order valence-electron chi connectivity index (χ0n) is 12.8. The van der Waals surface area contributed by atoms with Gasteiger partial charge in [-0.25, -0.2) is 0 Å². The lowest BCUT2D eigenvalue weighted by molar-refractivity contribution is 1.22. The molecular formula is C19H15IN4. The van der Waals surface area contributed by atoms with E-state index >= 15 is 0 Å². The van der Waals surface area contributed by atoms with Gasteiger partial charge in [0.25, 0.3) is 0 Å². The summed E-state index contributed by atoms with van der Waals surface area (Å²) in [5.74, 6) is 0.529. The van der Waals surface area contributed by atoms with Gasteiger partial charge in [0.15, 0.2) is 0 Å². The predicted molar refractivity (Wildman–Crippen MR) is 107 cm³/mol. The van der Waals surface area contributed by atoms with Crippen molar-refractivity contribution in [3.05, 3.63) is 94.1 Å². The second-order valence-electron chi connectivity index (χ2n) is 4.96. The van der Waals surface area contributed by atoms with Gasteiger partial charge < -0.3 is 0 Å². The summed E-state index contributed by atoms with van der Waals surface area (Å²) in [4.78, 5) is 0. The number of hydrazone groups is 1. The molecule has 0 bridgehead atoms. The number of para-hydroxylation sites is 1. The highest BCUT2D eigenvalue weighted by Gasteiger charge is 2.04. The Kier molecular flexibility index (Phi) is 5.68. The highest BCUT2D eigenvalue weighted by atomic mass is 127. The molecule has 4 nitrogen and oxygen atoms in total. The van der Waals surface area contributed by atoms with E-state index in [4.69, 9.17) is 0 Å². The van der Waals surface area contributed by atoms with E-state index in [-0.39, 0.29) is 0 Å². The maximum atomic E-state index is 4.42. The number of nitrogens with zero attached hydrogens (tertiary/aromatic N) is 3. The summed E-state index contributed by atoms with van der Waals surface area (Å²) in [5.41, 5.74) is 5.62. The maximum absolute atomic E-state index is 4.42. The molecule has 0 heterocycles. The summed E-state index contributed by atoms with van der Waals surface area (Å²) < 4.78 is 1.12. The molecule has 0 aromatic heterocycles. The van der Waals surface area contributed by atoms with E-state index in [0.717, 1.165) is 20.5 Å². The largest absolute Gasteiger partial charge is 0.276 e. The van der Waals surface area contributed by atoms with Crippen LogP contribution in [0.25, 0.3) is 0 Å². The number of hydrogen-bond donors (Lipinski definition) is 1. The summed E-state index contributed by atoms with van der Waals surface area (Å²) in [6.07, 6.45) is 0. The molecular weight excluding hydrogens is 411 g/mol. The minimum atomic E-state index is 0.529. The average molecular weight is 426 g/mol. The third-order valence-corrected chi connectivity index (χ3v) is 3.83. The fraction of sp³-hybridized carbons (Fsp3) is 0. The molecule has 3 rings (SSSR count). The van der Waals surface area contributed by atoms with Crippen LogP contribution in [-0.4, -0.2) is 5.84 Å². The van der Waals surface area contributed by atoms with E-state index in [1.165, 1.54) is 0 Å². The first kappa shape index (κ1) is 16.3. The van der Waals surface area contributed by atoms with E-state index in [1.807, 2.05) is 84.9 Å². The molecule has 5 heteroatoms. The summed E-state index contributed by atoms with van der Waals surface area (Å²) in [6.45, 7) is 0. The fourth-order valence-corrected chi connectivity index (χ4v) is 2.55. The minimum absolute atomic E-state index is 0.529. The van der Waals surface area contributed by atoms with Crippen molar-refractivity contribution in [2.45, 2.75) is 0 Å². The predicted octanol–water partition coefficient (Wildman–Crippen LogP) is 5.85. The van der Waals surface area contributed by atoms with Crippen molar-refractivity contribution in [2.75, 3.05) is 5.43 Å². The van der Waals surface area contributed by atoms with Crippen LogP contribution in [0, 0.1) is 3.57 Å². The van der Waals surface area contributed by atoms with Gasteiger partial charge in [0.05, 0.1) is 11.4 Å². The van der Waals surface area contributed by atoms with Crippen LogP contribution in [0.15, 0.2) is 100 Å². The summed E-state index contributed by atoms with van der Waals surface area (Å²) >= 11 is 2.27. The Labute approximate surface area is 154 Å². The van der Waals surface area contributed by atoms with Crippen LogP contribution in [0.5, 0.6) is 0 Å². The van der Waals surface area contributed by atoms with Gasteiger partial charge in [0, 0.05) is 9.13 Å². The molecule has 0 saturated carbocycles. The Balaban J connectivity index is 1.90. The minimum Gasteiger partial charge on any atom is -0.276 e. The third-order valence-electron chi connectivity index (χ3n) is 3.16. The van der Waals surface area contributed by atoms with Crippen LogP contribution in [0.1, 0.15) is 5.56 Å². The highest BCUT2D eigenvalue weighted by Crippen LogP contribution is 2.15. The Morgan fingerprint density at radius 1 is 0.792 bits per heavy atom. The van der Waals surface area contributed by atoms with E-state index in [0.29, 0.717) is 5.84 Å². The van der Waals surface area contributed by atoms with Gasteiger partial charge in [0.1, 0.15) is 0 Å². The number of benzene rings is 3. The van der Waals surface area contributed by atoms with Crippen molar-refractivity contribution in [2.24, 2.45) is 15.3 Å². The molecule has 24 heavy (non-hydrogen) atoms. The lowest BCUT2D eigenvalue weighted by Gasteiger charge is -2.04. The molecule has 0 aliphatic carbocycles. The number of halogens is 1. The van der Waals surface area contributed by atoms with Crippen LogP contribution in [-0.2, 0) is 0 Å². The van der Waals surface area contributed by atoms with Crippen LogP contribution in [0.2, 0.25) is 0 Å². The Hall–Kier alpha value is -2.54. The van der Waals surface area contributed by atoms with Crippen molar-refractivity contribution < 1.29 is 0 Å². The Morgan fingerprint density at radius 2 is 1.50 bits per heavy atom. The lowest BCUT2D eigenvalue weighted by atomic mass is 10.2. The molecule has 0 amide bonds. The number of hydrogen-bond acceptors (Lipinski definition) is 3. The van der Waals surface area contributed by atoms with Crippen molar-refractivity contribution >= 4 is 39.8 Å². The Bertz CT molecular complexity index is 846. The highest BCUT2D eigenvalue weighted by molar-refractivity contribution is 14.1. The monoisotopic (exact) mass is 426 g/mol. The van der Waals surface area contributed by atoms with E-state index < -0.39 is 0 Å². The summed E-state index contributed by atoms with van der Waals surface area (Å²) in [5, 5.41) is 13.0. The van der Waals surface area contributed by atoms with Gasteiger partial charge in [0.2, 0.25) is 5.84 Å². The van der Waals surface area contributed by atoms with Gasteiger partial charge in [-0.15, -0.1) is 10.2 Å². The second-order valence-corrected chi connectivity index (χ2v) is 6.20. The third kappa shape index (κ3) is 4.73. The number of azo groups is 1. The zero-order valence-corrected chi connectivity index (χ0v) is 15.0. The quantitative estimate of drug-likeness (QED) is 0.184. The molecule has 0 aliphatic heterocycles. The van der Waals surface area contributed by atoms with Crippen LogP contribution in [0.4, 0.5) is 11.4 Å². The molecule has 0 atom stereocenters. The molecule has 3 aromatic rings. The molecule has 0 spiro atoms. The molecule has 0 unspecified atom stereocenters. The number of amidine groups is 1. The van der Waals surface area contributed by atoms with Crippen molar-refractivity contribution in [1.82, 2.24) is 0 Å². The topological polar surface area (TPSA) is 49.1 Å². The van der Waals surface area contributed by atoms with Crippen molar-refractivity contribution in [3.8, 4) is 0 Å². The molecule has 0 saturated heterocycles. The smallest absolute Gasteiger partial charge is 0.201 e. The van der Waals surface area contributed by atoms with Crippen molar-refractivity contribution in [3.63, 3.8) is 0 Å². The van der Waals surface area contributed by atoms with Crippen LogP contribution < -0.4 is 5.43 Å². The molecule has 1 N–H and O–H groups in total. The molecule has 3 aromatic carbocycles. The molecule has 0 aliphatic rings. The van der Waals surface area contributed by atoms with Gasteiger partial charge in [-0.3, -0.25) is 5.43 Å². The summed E-state index contributed by atoms with van der Waals surface area (Å²) in [7, 11) is 0. The first-order valence-electron chi connectivity index (χ1n) is 7.43. The standard InChI is InChI=1S/C19H15IN4/c20-16-9-7-8-15(14-16)19(23-21-17-10-3-1-4-11-17)24-22-18-12-5-2-6-13-18/h1-14,21H/b23-19+,24-22+. The maximum Gasteiger partial charge on any atom is 0.201 e. The van der Waals surface area contributed by atoms with Crippen molar-refractivity contribution in [1.29, 1.82) is 0 Å². The number of rotatable bonds is 4. The molecule has 0 radical (unpaired) electrons. The van der Waals surface area contributed by atoms with E-state index in [1.54, 1.807) is 0 Å². The average Bonchev–Trinajstić information content (AvgIpc) is 2.63. The number of nitrogens with one attached hydrogen (secondary N) is 1. The van der Waals surface area contributed by atoms with Gasteiger partial charge in [-0.05, 0) is 59.0 Å². The molecule has 0 fully saturated rings. The zero-order chi connectivity index (χ0) is 16.6. The molecule has 118 valence electrons. The first-order valence-corrected chi connectivity index (χ1v) is 8.50. The van der Waals surface area contributed by atoms with Gasteiger partial charge in [-0.2, -0.15) is 5.10 Å². The SMILES string of the molecule is Ic1cccc(C(/N=N/c2ccccc2)=N\Nc2ccccc2)c1. The lowest BCUT2D eigenvalue weighted by Crippen LogP contribution is -2.01. The van der Waals surface area contributed by atoms with Crippen LogP contribution >= 0.6 is 22.6 Å². The van der Waals surface area contributed by atoms with E-state index in [2.05, 4.69) is 43.3 Å². The fourth-order valence-electron chi connectivity index (χ4n) is 2.00. The Morgan fingerprint density at radius 3 is 2.21 bits per heavy atom. The number of anilines is 1. The summed E-state index contributed by atoms with van der Waals surface area (Å²) in [6, 6.07) is 27.4. The van der Waals surface area contributed by atoms with Gasteiger partial charge >= 0.3 is 0 Å².